The van der Waals surface area contributed by atoms with Gasteiger partial charge in [-0.3, -0.25) is 4.98 Å². The van der Waals surface area contributed by atoms with E-state index in [0.717, 1.165) is 0 Å². The van der Waals surface area contributed by atoms with E-state index < -0.39 is 6.04 Å². The Morgan fingerprint density at radius 1 is 1.04 bits per heavy atom. The second-order valence-electron chi connectivity index (χ2n) is 5.50. The molecule has 1 atom stereocenters. The van der Waals surface area contributed by atoms with Gasteiger partial charge in [0, 0.05) is 23.3 Å². The summed E-state index contributed by atoms with van der Waals surface area (Å²) >= 11 is 6.42. The van der Waals surface area contributed by atoms with E-state index in [1.807, 2.05) is 30.3 Å². The number of anilines is 1. The lowest BCUT2D eigenvalue weighted by Crippen LogP contribution is -2.13. The monoisotopic (exact) mass is 351 g/mol. The van der Waals surface area contributed by atoms with Gasteiger partial charge in [-0.25, -0.2) is 4.98 Å². The Kier molecular flexibility index (Phi) is 3.99. The molecule has 2 N–H and O–H groups in total. The second kappa shape index (κ2) is 6.45. The van der Waals surface area contributed by atoms with E-state index in [4.69, 9.17) is 16.0 Å². The molecule has 0 amide bonds. The Bertz CT molecular complexity index is 1000. The van der Waals surface area contributed by atoms with Crippen molar-refractivity contribution in [3.63, 3.8) is 0 Å². The van der Waals surface area contributed by atoms with Gasteiger partial charge in [0.2, 0.25) is 0 Å². The molecule has 6 heteroatoms. The molecule has 1 aromatic carbocycles. The van der Waals surface area contributed by atoms with Gasteiger partial charge >= 0.3 is 0 Å². The van der Waals surface area contributed by atoms with Crippen LogP contribution in [-0.2, 0) is 0 Å². The molecule has 4 aromatic rings. The van der Waals surface area contributed by atoms with Crippen molar-refractivity contribution in [2.45, 2.75) is 6.04 Å². The summed E-state index contributed by atoms with van der Waals surface area (Å²) in [7, 11) is 0. The number of rotatable bonds is 4. The molecule has 0 saturated carbocycles. The molecule has 5 nitrogen and oxygen atoms in total. The molecule has 4 rings (SSSR count). The van der Waals surface area contributed by atoms with Crippen LogP contribution in [0.25, 0.3) is 10.9 Å². The summed E-state index contributed by atoms with van der Waals surface area (Å²) in [4.78, 5) is 8.55. The highest BCUT2D eigenvalue weighted by molar-refractivity contribution is 6.35. The summed E-state index contributed by atoms with van der Waals surface area (Å²) in [5.41, 5.74) is 1.01. The molecule has 3 aromatic heterocycles. The fourth-order valence-corrected chi connectivity index (χ4v) is 3.05. The molecule has 3 heterocycles. The lowest BCUT2D eigenvalue weighted by molar-refractivity contribution is 0.458. The molecular weight excluding hydrogens is 338 g/mol. The van der Waals surface area contributed by atoms with Crippen LogP contribution in [-0.4, -0.2) is 15.1 Å². The number of pyridine rings is 2. The minimum Gasteiger partial charge on any atom is -0.505 e. The highest BCUT2D eigenvalue weighted by Crippen LogP contribution is 2.39. The van der Waals surface area contributed by atoms with Gasteiger partial charge in [-0.1, -0.05) is 17.7 Å². The fourth-order valence-electron chi connectivity index (χ4n) is 2.78. The van der Waals surface area contributed by atoms with Crippen molar-refractivity contribution >= 4 is 28.3 Å². The first-order valence-electron chi connectivity index (χ1n) is 7.71. The topological polar surface area (TPSA) is 71.2 Å². The van der Waals surface area contributed by atoms with Crippen LogP contribution in [0.2, 0.25) is 5.02 Å². The van der Waals surface area contributed by atoms with Gasteiger partial charge in [0.05, 0.1) is 11.3 Å². The second-order valence-corrected chi connectivity index (χ2v) is 5.91. The van der Waals surface area contributed by atoms with Crippen LogP contribution in [0.15, 0.2) is 71.6 Å². The SMILES string of the molecule is Oc1c([C@H](Nc2ccccn2)c2ccco2)cc(Cl)c2cccnc12. The summed E-state index contributed by atoms with van der Waals surface area (Å²) in [6, 6.07) is 14.0. The van der Waals surface area contributed by atoms with Crippen molar-refractivity contribution in [1.29, 1.82) is 0 Å². The number of hydrogen-bond acceptors (Lipinski definition) is 5. The number of furan rings is 1. The first-order chi connectivity index (χ1) is 12.2. The molecule has 0 aliphatic carbocycles. The van der Waals surface area contributed by atoms with E-state index in [9.17, 15) is 5.11 Å². The summed E-state index contributed by atoms with van der Waals surface area (Å²) < 4.78 is 5.56. The third-order valence-electron chi connectivity index (χ3n) is 3.94. The van der Waals surface area contributed by atoms with Crippen LogP contribution >= 0.6 is 11.6 Å². The molecule has 25 heavy (non-hydrogen) atoms. The number of nitrogens with one attached hydrogen (secondary N) is 1. The van der Waals surface area contributed by atoms with Crippen molar-refractivity contribution in [2.24, 2.45) is 0 Å². The van der Waals surface area contributed by atoms with Gasteiger partial charge in [-0.2, -0.15) is 0 Å². The van der Waals surface area contributed by atoms with Gasteiger partial charge in [-0.15, -0.1) is 0 Å². The summed E-state index contributed by atoms with van der Waals surface area (Å²) in [5, 5.41) is 15.3. The number of nitrogens with zero attached hydrogens (tertiary/aromatic N) is 2. The van der Waals surface area contributed by atoms with Crippen molar-refractivity contribution in [3.8, 4) is 5.75 Å². The van der Waals surface area contributed by atoms with Crippen molar-refractivity contribution in [3.05, 3.63) is 83.5 Å². The lowest BCUT2D eigenvalue weighted by atomic mass is 10.0. The van der Waals surface area contributed by atoms with Crippen molar-refractivity contribution in [1.82, 2.24) is 9.97 Å². The predicted molar refractivity (Wildman–Crippen MR) is 96.8 cm³/mol. The average molecular weight is 352 g/mol. The molecule has 0 radical (unpaired) electrons. The summed E-state index contributed by atoms with van der Waals surface area (Å²) in [5.74, 6) is 1.35. The Labute approximate surface area is 148 Å². The summed E-state index contributed by atoms with van der Waals surface area (Å²) in [6.07, 6.45) is 4.90. The van der Waals surface area contributed by atoms with Crippen LogP contribution in [0.4, 0.5) is 5.82 Å². The van der Waals surface area contributed by atoms with E-state index in [1.54, 1.807) is 36.9 Å². The molecule has 0 aliphatic rings. The van der Waals surface area contributed by atoms with Gasteiger partial charge in [-0.05, 0) is 42.5 Å². The van der Waals surface area contributed by atoms with Crippen LogP contribution in [0.1, 0.15) is 17.4 Å². The van der Waals surface area contributed by atoms with Crippen LogP contribution < -0.4 is 5.32 Å². The van der Waals surface area contributed by atoms with Crippen molar-refractivity contribution in [2.75, 3.05) is 5.32 Å². The Balaban J connectivity index is 1.88. The van der Waals surface area contributed by atoms with Gasteiger partial charge in [0.15, 0.2) is 0 Å². The maximum atomic E-state index is 10.8. The zero-order chi connectivity index (χ0) is 17.2. The molecular formula is C19H14ClN3O2. The number of aromatic hydroxyl groups is 1. The van der Waals surface area contributed by atoms with E-state index >= 15 is 0 Å². The zero-order valence-corrected chi connectivity index (χ0v) is 13.8. The maximum absolute atomic E-state index is 10.8. The number of phenols is 1. The Hall–Kier alpha value is -3.05. The van der Waals surface area contributed by atoms with Crippen LogP contribution in [0.5, 0.6) is 5.75 Å². The molecule has 0 bridgehead atoms. The normalized spacial score (nSPS) is 12.2. The third-order valence-corrected chi connectivity index (χ3v) is 4.25. The molecule has 124 valence electrons. The Morgan fingerprint density at radius 2 is 1.92 bits per heavy atom. The zero-order valence-electron chi connectivity index (χ0n) is 13.1. The maximum Gasteiger partial charge on any atom is 0.147 e. The predicted octanol–water partition coefficient (Wildman–Crippen LogP) is 4.78. The smallest absolute Gasteiger partial charge is 0.147 e. The van der Waals surface area contributed by atoms with Gasteiger partial charge < -0.3 is 14.8 Å². The minimum atomic E-state index is -0.464. The number of benzene rings is 1. The van der Waals surface area contributed by atoms with Crippen molar-refractivity contribution < 1.29 is 9.52 Å². The molecule has 0 fully saturated rings. The summed E-state index contributed by atoms with van der Waals surface area (Å²) in [6.45, 7) is 0. The number of fused-ring (bicyclic) bond motifs is 1. The Morgan fingerprint density at radius 3 is 2.68 bits per heavy atom. The number of halogens is 1. The van der Waals surface area contributed by atoms with E-state index in [0.29, 0.717) is 33.1 Å². The quantitative estimate of drug-likeness (QED) is 0.553. The lowest BCUT2D eigenvalue weighted by Gasteiger charge is -2.20. The van der Waals surface area contributed by atoms with E-state index in [2.05, 4.69) is 15.3 Å². The largest absolute Gasteiger partial charge is 0.505 e. The minimum absolute atomic E-state index is 0.0600. The number of hydrogen-bond donors (Lipinski definition) is 2. The van der Waals surface area contributed by atoms with E-state index in [1.165, 1.54) is 0 Å². The first kappa shape index (κ1) is 15.5. The van der Waals surface area contributed by atoms with Crippen LogP contribution in [0.3, 0.4) is 0 Å². The highest BCUT2D eigenvalue weighted by atomic mass is 35.5. The molecule has 0 aliphatic heterocycles. The molecule has 0 saturated heterocycles. The molecule has 0 spiro atoms. The fraction of sp³-hybridized carbons (Fsp3) is 0.0526. The van der Waals surface area contributed by atoms with Gasteiger partial charge in [0.1, 0.15) is 28.9 Å². The average Bonchev–Trinajstić information content (AvgIpc) is 3.18. The molecule has 0 unspecified atom stereocenters. The highest BCUT2D eigenvalue weighted by Gasteiger charge is 2.23. The van der Waals surface area contributed by atoms with Crippen LogP contribution in [0, 0.1) is 0 Å². The van der Waals surface area contributed by atoms with Gasteiger partial charge in [0.25, 0.3) is 0 Å². The number of phenolic OH excluding ortho intramolecular Hbond substituents is 1. The first-order valence-corrected chi connectivity index (χ1v) is 8.09. The number of aromatic nitrogens is 2. The van der Waals surface area contributed by atoms with E-state index in [-0.39, 0.29) is 5.75 Å². The standard InChI is InChI=1S/C19H14ClN3O2/c20-14-11-13(19(24)18-12(14)5-3-9-22-18)17(15-6-4-10-25-15)23-16-7-1-2-8-21-16/h1-11,17,24H,(H,21,23)/t17-/m0/s1. The third kappa shape index (κ3) is 2.90.